The molecule has 0 radical (unpaired) electrons. The Hall–Kier alpha value is -3.10. The van der Waals surface area contributed by atoms with Crippen LogP contribution in [0.5, 0.6) is 17.2 Å². The Labute approximate surface area is 218 Å². The number of β-amino-alcohol motifs (C(OH)–C–C–N with tert-alkyl or cyclic N) is 1. The Kier molecular flexibility index (Phi) is 9.79. The predicted molar refractivity (Wildman–Crippen MR) is 141 cm³/mol. The number of rotatable bonds is 13. The molecule has 1 saturated heterocycles. The molecular weight excluding hydrogens is 472 g/mol. The molecule has 0 aliphatic carbocycles. The highest BCUT2D eigenvalue weighted by molar-refractivity contribution is 5.96. The fourth-order valence-electron chi connectivity index (χ4n) is 4.92. The van der Waals surface area contributed by atoms with E-state index in [2.05, 4.69) is 10.2 Å². The van der Waals surface area contributed by atoms with E-state index in [0.29, 0.717) is 51.1 Å². The van der Waals surface area contributed by atoms with Crippen molar-refractivity contribution in [2.45, 2.75) is 57.1 Å². The summed E-state index contributed by atoms with van der Waals surface area (Å²) in [7, 11) is 1.60. The number of hydrogen-bond donors (Lipinski definition) is 2. The Morgan fingerprint density at radius 3 is 2.54 bits per heavy atom. The van der Waals surface area contributed by atoms with Gasteiger partial charge < -0.3 is 24.6 Å². The molecule has 4 rings (SSSR count). The van der Waals surface area contributed by atoms with Crippen molar-refractivity contribution in [3.05, 3.63) is 53.6 Å². The van der Waals surface area contributed by atoms with E-state index >= 15 is 0 Å². The van der Waals surface area contributed by atoms with Crippen molar-refractivity contribution >= 4 is 11.7 Å². The molecule has 8 nitrogen and oxygen atoms in total. The minimum Gasteiger partial charge on any atom is -0.497 e. The van der Waals surface area contributed by atoms with Gasteiger partial charge in [0.05, 0.1) is 13.2 Å². The molecule has 2 aliphatic rings. The Balaban J connectivity index is 1.23. The lowest BCUT2D eigenvalue weighted by Crippen LogP contribution is -2.44. The van der Waals surface area contributed by atoms with E-state index in [9.17, 15) is 14.7 Å². The number of ether oxygens (including phenoxy) is 3. The molecule has 2 aromatic rings. The average Bonchev–Trinajstić information content (AvgIpc) is 3.32. The van der Waals surface area contributed by atoms with Gasteiger partial charge in [0.15, 0.2) is 17.3 Å². The number of methoxy groups -OCH3 is 1. The van der Waals surface area contributed by atoms with Crippen LogP contribution in [0.2, 0.25) is 0 Å². The standard InChI is InChI=1S/C29H38N2O6/c1-35-25-10-8-22(9-11-25)26(33)5-3-2-4-6-29(34)30-23(19-31-14-13-24(32)20-31)17-21-7-12-27-28(18-21)37-16-15-36-27/h7-12,18,23-24,32H,2-6,13-17,19-20H2,1H3,(H,30,34)/t23-,24-/m0/s1. The first-order chi connectivity index (χ1) is 18.0. The van der Waals surface area contributed by atoms with Crippen LogP contribution in [-0.2, 0) is 11.2 Å². The number of unbranched alkanes of at least 4 members (excludes halogenated alkanes) is 2. The van der Waals surface area contributed by atoms with E-state index < -0.39 is 0 Å². The summed E-state index contributed by atoms with van der Waals surface area (Å²) in [5.41, 5.74) is 1.76. The van der Waals surface area contributed by atoms with Gasteiger partial charge in [0, 0.05) is 44.1 Å². The summed E-state index contributed by atoms with van der Waals surface area (Å²) in [6.07, 6.45) is 4.35. The second-order valence-corrected chi connectivity index (χ2v) is 9.86. The summed E-state index contributed by atoms with van der Waals surface area (Å²) in [6, 6.07) is 13.0. The van der Waals surface area contributed by atoms with Crippen molar-refractivity contribution in [2.24, 2.45) is 0 Å². The highest BCUT2D eigenvalue weighted by Gasteiger charge is 2.24. The topological polar surface area (TPSA) is 97.3 Å². The van der Waals surface area contributed by atoms with Crippen molar-refractivity contribution in [1.82, 2.24) is 10.2 Å². The lowest BCUT2D eigenvalue weighted by atomic mass is 10.0. The van der Waals surface area contributed by atoms with Gasteiger partial charge >= 0.3 is 0 Å². The van der Waals surface area contributed by atoms with Crippen LogP contribution in [-0.4, -0.2) is 73.8 Å². The molecule has 37 heavy (non-hydrogen) atoms. The molecule has 2 atom stereocenters. The van der Waals surface area contributed by atoms with Gasteiger partial charge in [-0.05, 0) is 67.6 Å². The minimum atomic E-state index is -0.300. The number of likely N-dealkylation sites (tertiary alicyclic amines) is 1. The third-order valence-corrected chi connectivity index (χ3v) is 6.90. The fourth-order valence-corrected chi connectivity index (χ4v) is 4.92. The van der Waals surface area contributed by atoms with E-state index in [0.717, 1.165) is 55.0 Å². The first-order valence-corrected chi connectivity index (χ1v) is 13.3. The third kappa shape index (κ3) is 8.20. The summed E-state index contributed by atoms with van der Waals surface area (Å²) in [4.78, 5) is 27.4. The number of Topliss-reactive ketones (excluding diaryl/α,β-unsaturated/α-hetero) is 1. The molecule has 2 heterocycles. The van der Waals surface area contributed by atoms with E-state index in [1.54, 1.807) is 31.4 Å². The normalized spacial score (nSPS) is 17.8. The lowest BCUT2D eigenvalue weighted by molar-refractivity contribution is -0.122. The van der Waals surface area contributed by atoms with Gasteiger partial charge in [0.25, 0.3) is 0 Å². The van der Waals surface area contributed by atoms with E-state index in [1.807, 2.05) is 18.2 Å². The van der Waals surface area contributed by atoms with Crippen LogP contribution in [0.4, 0.5) is 0 Å². The highest BCUT2D eigenvalue weighted by Crippen LogP contribution is 2.31. The Morgan fingerprint density at radius 2 is 1.81 bits per heavy atom. The van der Waals surface area contributed by atoms with Crippen LogP contribution in [0.1, 0.15) is 54.4 Å². The molecule has 8 heteroatoms. The maximum atomic E-state index is 12.8. The molecular formula is C29H38N2O6. The number of carbonyl (C=O) groups is 2. The summed E-state index contributed by atoms with van der Waals surface area (Å²) in [6.45, 7) is 3.24. The molecule has 2 N–H and O–H groups in total. The van der Waals surface area contributed by atoms with Crippen molar-refractivity contribution in [3.63, 3.8) is 0 Å². The third-order valence-electron chi connectivity index (χ3n) is 6.90. The zero-order chi connectivity index (χ0) is 26.0. The van der Waals surface area contributed by atoms with Gasteiger partial charge in [-0.2, -0.15) is 0 Å². The number of carbonyl (C=O) groups excluding carboxylic acids is 2. The number of nitrogens with zero attached hydrogens (tertiary/aromatic N) is 1. The van der Waals surface area contributed by atoms with Crippen LogP contribution in [0.15, 0.2) is 42.5 Å². The number of fused-ring (bicyclic) bond motifs is 1. The van der Waals surface area contributed by atoms with Gasteiger partial charge in [-0.3, -0.25) is 14.5 Å². The summed E-state index contributed by atoms with van der Waals surface area (Å²) in [5, 5.41) is 13.1. The summed E-state index contributed by atoms with van der Waals surface area (Å²) >= 11 is 0. The largest absolute Gasteiger partial charge is 0.497 e. The SMILES string of the molecule is COc1ccc(C(=O)CCCCCC(=O)N[C@@H](Cc2ccc3c(c2)OCCO3)CN2CC[C@H](O)C2)cc1. The Bertz CT molecular complexity index is 1040. The first-order valence-electron chi connectivity index (χ1n) is 13.3. The van der Waals surface area contributed by atoms with Gasteiger partial charge in [0.1, 0.15) is 19.0 Å². The zero-order valence-electron chi connectivity index (χ0n) is 21.6. The van der Waals surface area contributed by atoms with Crippen molar-refractivity contribution in [3.8, 4) is 17.2 Å². The smallest absolute Gasteiger partial charge is 0.220 e. The zero-order valence-corrected chi connectivity index (χ0v) is 21.6. The van der Waals surface area contributed by atoms with Crippen molar-refractivity contribution in [1.29, 1.82) is 0 Å². The number of aliphatic hydroxyl groups is 1. The van der Waals surface area contributed by atoms with Gasteiger partial charge in [0.2, 0.25) is 5.91 Å². The van der Waals surface area contributed by atoms with Crippen LogP contribution >= 0.6 is 0 Å². The second kappa shape index (κ2) is 13.4. The van der Waals surface area contributed by atoms with Crippen LogP contribution in [0.3, 0.4) is 0 Å². The maximum absolute atomic E-state index is 12.8. The molecule has 2 aliphatic heterocycles. The fraction of sp³-hybridized carbons (Fsp3) is 0.517. The molecule has 0 unspecified atom stereocenters. The van der Waals surface area contributed by atoms with Gasteiger partial charge in [-0.25, -0.2) is 0 Å². The average molecular weight is 511 g/mol. The Morgan fingerprint density at radius 1 is 1.05 bits per heavy atom. The number of benzene rings is 2. The van der Waals surface area contributed by atoms with E-state index in [1.165, 1.54) is 0 Å². The van der Waals surface area contributed by atoms with Crippen LogP contribution in [0.25, 0.3) is 0 Å². The molecule has 0 bridgehead atoms. The first kappa shape index (κ1) is 26.9. The number of nitrogens with one attached hydrogen (secondary N) is 1. The number of amides is 1. The van der Waals surface area contributed by atoms with Crippen LogP contribution in [0, 0.1) is 0 Å². The van der Waals surface area contributed by atoms with Crippen molar-refractivity contribution < 1.29 is 28.9 Å². The van der Waals surface area contributed by atoms with Gasteiger partial charge in [-0.1, -0.05) is 12.5 Å². The highest BCUT2D eigenvalue weighted by atomic mass is 16.6. The second-order valence-electron chi connectivity index (χ2n) is 9.86. The minimum absolute atomic E-state index is 0.0174. The number of hydrogen-bond acceptors (Lipinski definition) is 7. The maximum Gasteiger partial charge on any atom is 0.220 e. The molecule has 200 valence electrons. The van der Waals surface area contributed by atoms with Crippen LogP contribution < -0.4 is 19.5 Å². The monoisotopic (exact) mass is 510 g/mol. The summed E-state index contributed by atoms with van der Waals surface area (Å²) in [5.74, 6) is 2.36. The van der Waals surface area contributed by atoms with E-state index in [4.69, 9.17) is 14.2 Å². The predicted octanol–water partition coefficient (Wildman–Crippen LogP) is 3.39. The van der Waals surface area contributed by atoms with Gasteiger partial charge in [-0.15, -0.1) is 0 Å². The molecule has 1 amide bonds. The number of ketones is 1. The molecule has 0 saturated carbocycles. The quantitative estimate of drug-likeness (QED) is 0.315. The summed E-state index contributed by atoms with van der Waals surface area (Å²) < 4.78 is 16.5. The molecule has 1 fully saturated rings. The molecule has 0 spiro atoms. The lowest BCUT2D eigenvalue weighted by Gasteiger charge is -2.25. The number of aliphatic hydroxyl groups excluding tert-OH is 1. The molecule has 0 aromatic heterocycles. The van der Waals surface area contributed by atoms with Crippen molar-refractivity contribution in [2.75, 3.05) is 40.0 Å². The van der Waals surface area contributed by atoms with E-state index in [-0.39, 0.29) is 23.8 Å². The molecule has 2 aromatic carbocycles.